The fourth-order valence-corrected chi connectivity index (χ4v) is 3.50. The molecule has 6 atom stereocenters. The molecule has 0 saturated carbocycles. The van der Waals surface area contributed by atoms with E-state index in [4.69, 9.17) is 29.2 Å². The quantitative estimate of drug-likeness (QED) is 0.463. The van der Waals surface area contributed by atoms with Gasteiger partial charge in [0.25, 0.3) is 0 Å². The second kappa shape index (κ2) is 6.57. The van der Waals surface area contributed by atoms with Gasteiger partial charge in [-0.3, -0.25) is 0 Å². The molecule has 0 radical (unpaired) electrons. The highest BCUT2D eigenvalue weighted by Crippen LogP contribution is 2.42. The number of benzene rings is 1. The van der Waals surface area contributed by atoms with Crippen LogP contribution in [0.3, 0.4) is 0 Å². The van der Waals surface area contributed by atoms with Crippen molar-refractivity contribution in [2.75, 3.05) is 6.61 Å². The van der Waals surface area contributed by atoms with Gasteiger partial charge >= 0.3 is 0 Å². The summed E-state index contributed by atoms with van der Waals surface area (Å²) in [4.78, 5) is 2.88. The van der Waals surface area contributed by atoms with Crippen LogP contribution < -0.4 is 0 Å². The van der Waals surface area contributed by atoms with Crippen molar-refractivity contribution in [2.45, 2.75) is 63.0 Å². The minimum Gasteiger partial charge on any atom is -0.374 e. The van der Waals surface area contributed by atoms with Crippen LogP contribution in [0, 0.1) is 0 Å². The van der Waals surface area contributed by atoms with Crippen LogP contribution in [0.4, 0.5) is 0 Å². The van der Waals surface area contributed by atoms with Gasteiger partial charge in [0, 0.05) is 4.91 Å². The maximum absolute atomic E-state index is 8.69. The van der Waals surface area contributed by atoms with Gasteiger partial charge in [-0.25, -0.2) is 0 Å². The molecule has 3 fully saturated rings. The van der Waals surface area contributed by atoms with Gasteiger partial charge in [-0.15, -0.1) is 0 Å². The van der Waals surface area contributed by atoms with Gasteiger partial charge in [-0.05, 0) is 24.9 Å². The van der Waals surface area contributed by atoms with E-state index >= 15 is 0 Å². The van der Waals surface area contributed by atoms with E-state index in [1.54, 1.807) is 0 Å². The van der Waals surface area contributed by atoms with Gasteiger partial charge in [0.15, 0.2) is 12.1 Å². The van der Waals surface area contributed by atoms with E-state index in [1.807, 2.05) is 44.2 Å². The third kappa shape index (κ3) is 3.25. The molecule has 25 heavy (non-hydrogen) atoms. The molecule has 1 aromatic rings. The second-order valence-corrected chi connectivity index (χ2v) is 6.90. The van der Waals surface area contributed by atoms with E-state index in [-0.39, 0.29) is 24.4 Å². The number of azide groups is 1. The highest BCUT2D eigenvalue weighted by Gasteiger charge is 2.59. The van der Waals surface area contributed by atoms with Crippen LogP contribution in [0.25, 0.3) is 10.4 Å². The van der Waals surface area contributed by atoms with Crippen molar-refractivity contribution in [1.29, 1.82) is 0 Å². The molecule has 134 valence electrons. The summed E-state index contributed by atoms with van der Waals surface area (Å²) in [6.45, 7) is 4.51. The lowest BCUT2D eigenvalue weighted by Gasteiger charge is -2.40. The van der Waals surface area contributed by atoms with E-state index in [0.717, 1.165) is 5.56 Å². The molecule has 0 unspecified atom stereocenters. The summed E-state index contributed by atoms with van der Waals surface area (Å²) < 4.78 is 29.6. The van der Waals surface area contributed by atoms with Gasteiger partial charge < -0.3 is 23.7 Å². The standard InChI is InChI=1S/C17H21N3O5/c1-17(2)24-15-13(21-8-10-6-4-3-5-7-10)14(23-16(15)25-17)12-11(9-22-12)19-20-18/h3-7,11-16H,8-9H2,1-2H3/t11-,12+,13-,14+,15+,16+/m0/s1. The van der Waals surface area contributed by atoms with Crippen LogP contribution in [0.5, 0.6) is 0 Å². The summed E-state index contributed by atoms with van der Waals surface area (Å²) in [6.07, 6.45) is -1.98. The first-order valence-corrected chi connectivity index (χ1v) is 8.40. The van der Waals surface area contributed by atoms with Crippen molar-refractivity contribution in [1.82, 2.24) is 0 Å². The molecule has 0 N–H and O–H groups in total. The number of rotatable bonds is 5. The molecule has 0 amide bonds. The molecular weight excluding hydrogens is 326 g/mol. The summed E-state index contributed by atoms with van der Waals surface area (Å²) in [5.74, 6) is -0.723. The molecule has 3 aliphatic heterocycles. The zero-order chi connectivity index (χ0) is 17.4. The van der Waals surface area contributed by atoms with Crippen LogP contribution in [0.15, 0.2) is 35.4 Å². The minimum atomic E-state index is -0.723. The number of fused-ring (bicyclic) bond motifs is 1. The Hall–Kier alpha value is -1.67. The van der Waals surface area contributed by atoms with E-state index in [0.29, 0.717) is 13.2 Å². The average Bonchev–Trinajstić information content (AvgIpc) is 3.02. The Bertz CT molecular complexity index is 664. The lowest BCUT2D eigenvalue weighted by molar-refractivity contribution is -0.249. The molecule has 3 heterocycles. The predicted octanol–water partition coefficient (Wildman–Crippen LogP) is 2.53. The van der Waals surface area contributed by atoms with Crippen molar-refractivity contribution in [2.24, 2.45) is 5.11 Å². The van der Waals surface area contributed by atoms with Gasteiger partial charge in [0.1, 0.15) is 18.3 Å². The smallest absolute Gasteiger partial charge is 0.190 e. The highest BCUT2D eigenvalue weighted by molar-refractivity contribution is 5.14. The van der Waals surface area contributed by atoms with Gasteiger partial charge in [0.05, 0.1) is 25.4 Å². The van der Waals surface area contributed by atoms with E-state index in [9.17, 15) is 0 Å². The molecule has 0 spiro atoms. The third-order valence-electron chi connectivity index (χ3n) is 4.67. The molecule has 4 rings (SSSR count). The number of hydrogen-bond donors (Lipinski definition) is 0. The van der Waals surface area contributed by atoms with Crippen LogP contribution >= 0.6 is 0 Å². The van der Waals surface area contributed by atoms with Crippen LogP contribution in [-0.4, -0.2) is 49.1 Å². The Labute approximate surface area is 145 Å². The van der Waals surface area contributed by atoms with Crippen molar-refractivity contribution < 1.29 is 23.7 Å². The van der Waals surface area contributed by atoms with Crippen LogP contribution in [0.2, 0.25) is 0 Å². The molecular formula is C17H21N3O5. The topological polar surface area (TPSA) is 94.9 Å². The maximum atomic E-state index is 8.69. The lowest BCUT2D eigenvalue weighted by atomic mass is 9.96. The number of ether oxygens (including phenoxy) is 5. The lowest BCUT2D eigenvalue weighted by Crippen LogP contribution is -2.55. The normalized spacial score (nSPS) is 38.6. The second-order valence-electron chi connectivity index (χ2n) is 6.90. The summed E-state index contributed by atoms with van der Waals surface area (Å²) in [5.41, 5.74) is 9.75. The number of nitrogens with zero attached hydrogens (tertiary/aromatic N) is 3. The Balaban J connectivity index is 1.51. The van der Waals surface area contributed by atoms with E-state index in [1.165, 1.54) is 0 Å². The Morgan fingerprint density at radius 2 is 2.00 bits per heavy atom. The van der Waals surface area contributed by atoms with Crippen molar-refractivity contribution >= 4 is 0 Å². The van der Waals surface area contributed by atoms with Gasteiger partial charge in [0.2, 0.25) is 0 Å². The minimum absolute atomic E-state index is 0.260. The first-order valence-electron chi connectivity index (χ1n) is 8.40. The summed E-state index contributed by atoms with van der Waals surface area (Å²) in [6, 6.07) is 9.64. The molecule has 3 saturated heterocycles. The largest absolute Gasteiger partial charge is 0.374 e. The molecule has 1 aromatic carbocycles. The van der Waals surface area contributed by atoms with Crippen molar-refractivity contribution in [3.05, 3.63) is 46.3 Å². The van der Waals surface area contributed by atoms with Crippen LogP contribution in [0.1, 0.15) is 19.4 Å². The zero-order valence-electron chi connectivity index (χ0n) is 14.1. The summed E-state index contributed by atoms with van der Waals surface area (Å²) in [5, 5.41) is 3.77. The van der Waals surface area contributed by atoms with Gasteiger partial charge in [-0.1, -0.05) is 35.4 Å². The SMILES string of the molecule is CC1(C)O[C@H]2O[C@H]([C@@H]3OC[C@@H]3N=[N+]=[N-])[C@H](OCc3ccccc3)[C@H]2O1. The maximum Gasteiger partial charge on any atom is 0.190 e. The molecule has 3 aliphatic rings. The molecule has 0 aliphatic carbocycles. The first kappa shape index (κ1) is 16.8. The predicted molar refractivity (Wildman–Crippen MR) is 86.4 cm³/mol. The molecule has 0 aromatic heterocycles. The third-order valence-corrected chi connectivity index (χ3v) is 4.67. The summed E-state index contributed by atoms with van der Waals surface area (Å²) in [7, 11) is 0. The number of hydrogen-bond acceptors (Lipinski definition) is 6. The van der Waals surface area contributed by atoms with Gasteiger partial charge in [-0.2, -0.15) is 0 Å². The molecule has 0 bridgehead atoms. The van der Waals surface area contributed by atoms with Crippen molar-refractivity contribution in [3.63, 3.8) is 0 Å². The average molecular weight is 347 g/mol. The fraction of sp³-hybridized carbons (Fsp3) is 0.647. The molecule has 8 heteroatoms. The summed E-state index contributed by atoms with van der Waals surface area (Å²) >= 11 is 0. The molecule has 8 nitrogen and oxygen atoms in total. The van der Waals surface area contributed by atoms with E-state index < -0.39 is 18.2 Å². The zero-order valence-corrected chi connectivity index (χ0v) is 14.1. The fourth-order valence-electron chi connectivity index (χ4n) is 3.50. The van der Waals surface area contributed by atoms with Crippen LogP contribution in [-0.2, 0) is 30.3 Å². The Morgan fingerprint density at radius 1 is 1.20 bits per heavy atom. The monoisotopic (exact) mass is 347 g/mol. The highest BCUT2D eigenvalue weighted by atomic mass is 16.8. The van der Waals surface area contributed by atoms with Crippen molar-refractivity contribution in [3.8, 4) is 0 Å². The van der Waals surface area contributed by atoms with E-state index in [2.05, 4.69) is 10.0 Å². The Morgan fingerprint density at radius 3 is 2.68 bits per heavy atom. The Kier molecular flexibility index (Phi) is 4.41. The first-order chi connectivity index (χ1) is 12.1.